The maximum absolute atomic E-state index is 5.70. The second-order valence-electron chi connectivity index (χ2n) is 4.18. The molecule has 1 rings (SSSR count). The van der Waals surface area contributed by atoms with E-state index in [-0.39, 0.29) is 0 Å². The van der Waals surface area contributed by atoms with Gasteiger partial charge in [0.2, 0.25) is 0 Å². The Morgan fingerprint density at radius 3 is 2.28 bits per heavy atom. The van der Waals surface area contributed by atoms with Crippen molar-refractivity contribution >= 4 is 15.9 Å². The minimum absolute atomic E-state index is 0.645. The molecule has 0 saturated heterocycles. The van der Waals surface area contributed by atoms with Crippen LogP contribution in [0.25, 0.3) is 0 Å². The zero-order valence-corrected chi connectivity index (χ0v) is 12.9. The van der Waals surface area contributed by atoms with Crippen molar-refractivity contribution < 1.29 is 14.2 Å². The van der Waals surface area contributed by atoms with E-state index < -0.39 is 0 Å². The Balaban J connectivity index is 2.23. The van der Waals surface area contributed by atoms with Crippen LogP contribution < -0.4 is 4.74 Å². The lowest BCUT2D eigenvalue weighted by atomic mass is 10.1. The van der Waals surface area contributed by atoms with Crippen molar-refractivity contribution in [1.82, 2.24) is 0 Å². The van der Waals surface area contributed by atoms with Crippen molar-refractivity contribution in [3.63, 3.8) is 0 Å². The summed E-state index contributed by atoms with van der Waals surface area (Å²) in [6, 6.07) is 4.09. The van der Waals surface area contributed by atoms with Crippen LogP contribution in [0.3, 0.4) is 0 Å². The molecule has 1 aromatic rings. The Kier molecular flexibility index (Phi) is 7.32. The number of ether oxygens (including phenoxy) is 3. The first-order valence-corrected chi connectivity index (χ1v) is 6.90. The molecule has 0 bridgehead atoms. The van der Waals surface area contributed by atoms with Gasteiger partial charge in [0.1, 0.15) is 5.75 Å². The van der Waals surface area contributed by atoms with Gasteiger partial charge in [0.25, 0.3) is 0 Å². The van der Waals surface area contributed by atoms with Crippen LogP contribution in [0.1, 0.15) is 17.5 Å². The van der Waals surface area contributed by atoms with Gasteiger partial charge in [-0.25, -0.2) is 0 Å². The standard InChI is InChI=1S/C14H21BrO3/c1-11-9-13(10-12(2)14(11)15)18-6-4-5-17-8-7-16-3/h9-10H,4-8H2,1-3H3. The highest BCUT2D eigenvalue weighted by Gasteiger charge is 2.02. The van der Waals surface area contributed by atoms with Gasteiger partial charge in [0.05, 0.1) is 19.8 Å². The molecule has 0 aliphatic carbocycles. The highest BCUT2D eigenvalue weighted by atomic mass is 79.9. The largest absolute Gasteiger partial charge is 0.493 e. The summed E-state index contributed by atoms with van der Waals surface area (Å²) in [5.74, 6) is 0.921. The quantitative estimate of drug-likeness (QED) is 0.687. The molecule has 0 amide bonds. The lowest BCUT2D eigenvalue weighted by Gasteiger charge is -2.10. The third-order valence-corrected chi connectivity index (χ3v) is 3.79. The number of aryl methyl sites for hydroxylation is 2. The van der Waals surface area contributed by atoms with E-state index in [0.29, 0.717) is 26.4 Å². The van der Waals surface area contributed by atoms with Crippen molar-refractivity contribution in [3.8, 4) is 5.75 Å². The Hall–Kier alpha value is -0.580. The fraction of sp³-hybridized carbons (Fsp3) is 0.571. The molecule has 0 fully saturated rings. The average molecular weight is 317 g/mol. The molecule has 0 aromatic heterocycles. The summed E-state index contributed by atoms with van der Waals surface area (Å²) in [4.78, 5) is 0. The van der Waals surface area contributed by atoms with Gasteiger partial charge in [-0.2, -0.15) is 0 Å². The molecule has 0 saturated carbocycles. The number of benzene rings is 1. The Morgan fingerprint density at radius 1 is 1.00 bits per heavy atom. The van der Waals surface area contributed by atoms with E-state index >= 15 is 0 Å². The van der Waals surface area contributed by atoms with Gasteiger partial charge in [0, 0.05) is 24.6 Å². The van der Waals surface area contributed by atoms with Crippen LogP contribution in [0.4, 0.5) is 0 Å². The summed E-state index contributed by atoms with van der Waals surface area (Å²) in [5.41, 5.74) is 2.39. The molecule has 0 aliphatic heterocycles. The maximum atomic E-state index is 5.70. The lowest BCUT2D eigenvalue weighted by molar-refractivity contribution is 0.0644. The molecule has 0 aliphatic rings. The maximum Gasteiger partial charge on any atom is 0.119 e. The molecule has 0 unspecified atom stereocenters. The molecule has 4 heteroatoms. The third-order valence-electron chi connectivity index (χ3n) is 2.54. The molecule has 3 nitrogen and oxygen atoms in total. The average Bonchev–Trinajstić information content (AvgIpc) is 2.34. The van der Waals surface area contributed by atoms with E-state index in [4.69, 9.17) is 14.2 Å². The van der Waals surface area contributed by atoms with Crippen LogP contribution in [0.2, 0.25) is 0 Å². The SMILES string of the molecule is COCCOCCCOc1cc(C)c(Br)c(C)c1. The number of rotatable bonds is 8. The van der Waals surface area contributed by atoms with Gasteiger partial charge >= 0.3 is 0 Å². The van der Waals surface area contributed by atoms with E-state index in [1.807, 2.05) is 12.1 Å². The molecule has 0 atom stereocenters. The smallest absolute Gasteiger partial charge is 0.119 e. The molecule has 0 radical (unpaired) electrons. The van der Waals surface area contributed by atoms with Crippen LogP contribution in [0.5, 0.6) is 5.75 Å². The molecule has 0 N–H and O–H groups in total. The topological polar surface area (TPSA) is 27.7 Å². The number of hydrogen-bond donors (Lipinski definition) is 0. The fourth-order valence-electron chi connectivity index (χ4n) is 1.58. The van der Waals surface area contributed by atoms with Crippen LogP contribution in [0.15, 0.2) is 16.6 Å². The fourth-order valence-corrected chi connectivity index (χ4v) is 1.81. The van der Waals surface area contributed by atoms with Crippen molar-refractivity contribution in [3.05, 3.63) is 27.7 Å². The lowest BCUT2D eigenvalue weighted by Crippen LogP contribution is -2.07. The summed E-state index contributed by atoms with van der Waals surface area (Å²) >= 11 is 3.54. The normalized spacial score (nSPS) is 10.7. The molecule has 18 heavy (non-hydrogen) atoms. The second kappa shape index (κ2) is 8.51. The number of methoxy groups -OCH3 is 1. The first-order valence-electron chi connectivity index (χ1n) is 6.11. The Labute approximate surface area is 118 Å². The zero-order valence-electron chi connectivity index (χ0n) is 11.3. The highest BCUT2D eigenvalue weighted by Crippen LogP contribution is 2.26. The summed E-state index contributed by atoms with van der Waals surface area (Å²) in [7, 11) is 1.67. The number of hydrogen-bond acceptors (Lipinski definition) is 3. The van der Waals surface area contributed by atoms with Gasteiger partial charge < -0.3 is 14.2 Å². The van der Waals surface area contributed by atoms with Crippen molar-refractivity contribution in [1.29, 1.82) is 0 Å². The van der Waals surface area contributed by atoms with E-state index in [9.17, 15) is 0 Å². The molecular weight excluding hydrogens is 296 g/mol. The van der Waals surface area contributed by atoms with Crippen LogP contribution in [-0.2, 0) is 9.47 Å². The van der Waals surface area contributed by atoms with E-state index in [0.717, 1.165) is 16.6 Å². The molecule has 0 spiro atoms. The van der Waals surface area contributed by atoms with E-state index in [1.54, 1.807) is 7.11 Å². The molecule has 102 valence electrons. The highest BCUT2D eigenvalue weighted by molar-refractivity contribution is 9.10. The van der Waals surface area contributed by atoms with E-state index in [1.165, 1.54) is 11.1 Å². The number of halogens is 1. The first-order chi connectivity index (χ1) is 8.65. The monoisotopic (exact) mass is 316 g/mol. The van der Waals surface area contributed by atoms with Gasteiger partial charge in [0.15, 0.2) is 0 Å². The summed E-state index contributed by atoms with van der Waals surface area (Å²) in [6.45, 7) is 6.81. The Bertz CT molecular complexity index is 343. The second-order valence-corrected chi connectivity index (χ2v) is 4.97. The van der Waals surface area contributed by atoms with Crippen molar-refractivity contribution in [2.75, 3.05) is 33.5 Å². The van der Waals surface area contributed by atoms with Gasteiger partial charge in [-0.15, -0.1) is 0 Å². The Morgan fingerprint density at radius 2 is 1.67 bits per heavy atom. The van der Waals surface area contributed by atoms with E-state index in [2.05, 4.69) is 29.8 Å². The van der Waals surface area contributed by atoms with Gasteiger partial charge in [-0.05, 0) is 37.1 Å². The minimum Gasteiger partial charge on any atom is -0.493 e. The predicted octanol–water partition coefficient (Wildman–Crippen LogP) is 3.50. The van der Waals surface area contributed by atoms with Crippen molar-refractivity contribution in [2.24, 2.45) is 0 Å². The molecule has 0 heterocycles. The van der Waals surface area contributed by atoms with Gasteiger partial charge in [-0.3, -0.25) is 0 Å². The first kappa shape index (κ1) is 15.5. The summed E-state index contributed by atoms with van der Waals surface area (Å²) < 4.78 is 17.1. The van der Waals surface area contributed by atoms with Gasteiger partial charge in [-0.1, -0.05) is 15.9 Å². The predicted molar refractivity (Wildman–Crippen MR) is 76.4 cm³/mol. The molecular formula is C14H21BrO3. The summed E-state index contributed by atoms with van der Waals surface area (Å²) in [6.07, 6.45) is 0.887. The molecule has 1 aromatic carbocycles. The third kappa shape index (κ3) is 5.38. The van der Waals surface area contributed by atoms with Crippen LogP contribution in [-0.4, -0.2) is 33.5 Å². The van der Waals surface area contributed by atoms with Crippen LogP contribution >= 0.6 is 15.9 Å². The minimum atomic E-state index is 0.645. The van der Waals surface area contributed by atoms with Crippen molar-refractivity contribution in [2.45, 2.75) is 20.3 Å². The summed E-state index contributed by atoms with van der Waals surface area (Å²) in [5, 5.41) is 0. The van der Waals surface area contributed by atoms with Crippen LogP contribution in [0, 0.1) is 13.8 Å². The zero-order chi connectivity index (χ0) is 13.4.